The van der Waals surface area contributed by atoms with Gasteiger partial charge in [0.25, 0.3) is 0 Å². The molecule has 1 aliphatic heterocycles. The first kappa shape index (κ1) is 17.4. The molecule has 4 rings (SSSR count). The van der Waals surface area contributed by atoms with E-state index in [9.17, 15) is 9.59 Å². The van der Waals surface area contributed by atoms with Gasteiger partial charge in [-0.05, 0) is 81.5 Å². The molecule has 25 heavy (non-hydrogen) atoms. The fourth-order valence-corrected chi connectivity index (χ4v) is 7.08. The molecule has 1 saturated heterocycles. The first-order valence-electron chi connectivity index (χ1n) is 10.2. The van der Waals surface area contributed by atoms with E-state index in [2.05, 4.69) is 13.8 Å². The van der Waals surface area contributed by atoms with Crippen molar-refractivity contribution in [1.82, 2.24) is 0 Å². The Balaban J connectivity index is 1.53. The molecule has 4 nitrogen and oxygen atoms in total. The van der Waals surface area contributed by atoms with Gasteiger partial charge in [0.05, 0.1) is 0 Å². The maximum atomic E-state index is 11.8. The largest absolute Gasteiger partial charge is 0.463 e. The molecule has 4 fully saturated rings. The molecule has 0 bridgehead atoms. The fraction of sp³-hybridized carbons (Fsp3) is 0.905. The van der Waals surface area contributed by atoms with Gasteiger partial charge in [-0.1, -0.05) is 6.92 Å². The Morgan fingerprint density at radius 2 is 1.88 bits per heavy atom. The van der Waals surface area contributed by atoms with Crippen LogP contribution in [0.5, 0.6) is 0 Å². The van der Waals surface area contributed by atoms with Crippen molar-refractivity contribution in [1.29, 1.82) is 0 Å². The molecule has 0 radical (unpaired) electrons. The monoisotopic (exact) mass is 348 g/mol. The normalized spacial score (nSPS) is 49.2. The van der Waals surface area contributed by atoms with Gasteiger partial charge in [-0.25, -0.2) is 0 Å². The number of carbonyl (C=O) groups excluding carboxylic acids is 2. The second-order valence-corrected chi connectivity index (χ2v) is 9.53. The van der Waals surface area contributed by atoms with Gasteiger partial charge in [-0.15, -0.1) is 0 Å². The number of esters is 2. The van der Waals surface area contributed by atoms with E-state index in [0.29, 0.717) is 29.6 Å². The summed E-state index contributed by atoms with van der Waals surface area (Å²) in [5.74, 6) is 2.49. The van der Waals surface area contributed by atoms with Crippen LogP contribution in [-0.4, -0.2) is 23.6 Å². The Morgan fingerprint density at radius 3 is 2.64 bits per heavy atom. The molecule has 0 spiro atoms. The number of hydrogen-bond donors (Lipinski definition) is 0. The van der Waals surface area contributed by atoms with Crippen molar-refractivity contribution in [2.75, 3.05) is 0 Å². The summed E-state index contributed by atoms with van der Waals surface area (Å²) in [4.78, 5) is 23.2. The van der Waals surface area contributed by atoms with Gasteiger partial charge in [0.1, 0.15) is 11.7 Å². The lowest BCUT2D eigenvalue weighted by Gasteiger charge is -2.61. The third-order valence-electron chi connectivity index (χ3n) is 8.29. The van der Waals surface area contributed by atoms with Crippen molar-refractivity contribution in [2.45, 2.75) is 90.3 Å². The molecular formula is C21H32O4. The van der Waals surface area contributed by atoms with Crippen LogP contribution >= 0.6 is 0 Å². The minimum atomic E-state index is -0.228. The van der Waals surface area contributed by atoms with Crippen LogP contribution in [0.4, 0.5) is 0 Å². The molecule has 1 unspecified atom stereocenters. The Labute approximate surface area is 151 Å². The van der Waals surface area contributed by atoms with E-state index in [1.165, 1.54) is 32.6 Å². The van der Waals surface area contributed by atoms with E-state index in [1.54, 1.807) is 0 Å². The summed E-state index contributed by atoms with van der Waals surface area (Å²) in [7, 11) is 0. The lowest BCUT2D eigenvalue weighted by Crippen LogP contribution is -2.58. The molecule has 140 valence electrons. The van der Waals surface area contributed by atoms with Crippen LogP contribution < -0.4 is 0 Å². The van der Waals surface area contributed by atoms with Crippen molar-refractivity contribution in [3.8, 4) is 0 Å². The number of rotatable bonds is 1. The third-order valence-corrected chi connectivity index (χ3v) is 8.29. The van der Waals surface area contributed by atoms with Gasteiger partial charge < -0.3 is 9.47 Å². The summed E-state index contributed by atoms with van der Waals surface area (Å²) in [6.45, 7) is 6.20. The highest BCUT2D eigenvalue weighted by atomic mass is 16.6. The smallest absolute Gasteiger partial charge is 0.306 e. The third kappa shape index (κ3) is 2.80. The predicted molar refractivity (Wildman–Crippen MR) is 93.7 cm³/mol. The SMILES string of the molecule is CC(=O)O[C@H]1CC[C@@]2(C)C(CC[C@H]3[C@@H]4CCC(=O)O[C@]4(C)CC[C@@H]32)C1. The Hall–Kier alpha value is -1.06. The summed E-state index contributed by atoms with van der Waals surface area (Å²) in [6, 6.07) is 0. The van der Waals surface area contributed by atoms with Crippen molar-refractivity contribution < 1.29 is 19.1 Å². The van der Waals surface area contributed by atoms with E-state index in [0.717, 1.165) is 31.6 Å². The zero-order chi connectivity index (χ0) is 17.8. The van der Waals surface area contributed by atoms with Gasteiger partial charge in [0.2, 0.25) is 0 Å². The fourth-order valence-electron chi connectivity index (χ4n) is 7.08. The molecule has 3 aliphatic carbocycles. The Bertz CT molecular complexity index is 572. The zero-order valence-corrected chi connectivity index (χ0v) is 15.9. The highest BCUT2D eigenvalue weighted by Crippen LogP contribution is 2.63. The Morgan fingerprint density at radius 1 is 1.08 bits per heavy atom. The van der Waals surface area contributed by atoms with Crippen molar-refractivity contribution >= 4 is 11.9 Å². The minimum absolute atomic E-state index is 0.000938. The average molecular weight is 348 g/mol. The first-order valence-corrected chi connectivity index (χ1v) is 10.2. The topological polar surface area (TPSA) is 52.6 Å². The maximum absolute atomic E-state index is 11.8. The summed E-state index contributed by atoms with van der Waals surface area (Å²) in [5.41, 5.74) is 0.136. The summed E-state index contributed by atoms with van der Waals surface area (Å²) < 4.78 is 11.4. The van der Waals surface area contributed by atoms with Gasteiger partial charge in [0, 0.05) is 19.3 Å². The molecule has 0 N–H and O–H groups in total. The molecule has 0 amide bonds. The first-order chi connectivity index (χ1) is 11.8. The average Bonchev–Trinajstić information content (AvgIpc) is 2.53. The molecule has 3 saturated carbocycles. The zero-order valence-electron chi connectivity index (χ0n) is 15.9. The van der Waals surface area contributed by atoms with Crippen LogP contribution in [-0.2, 0) is 19.1 Å². The van der Waals surface area contributed by atoms with E-state index >= 15 is 0 Å². The Kier molecular flexibility index (Phi) is 4.16. The van der Waals surface area contributed by atoms with Crippen LogP contribution in [0.3, 0.4) is 0 Å². The maximum Gasteiger partial charge on any atom is 0.306 e. The molecule has 1 heterocycles. The van der Waals surface area contributed by atoms with Gasteiger partial charge in [-0.3, -0.25) is 9.59 Å². The van der Waals surface area contributed by atoms with Crippen LogP contribution in [0.1, 0.15) is 78.6 Å². The lowest BCUT2D eigenvalue weighted by atomic mass is 9.46. The number of ether oxygens (including phenoxy) is 2. The summed E-state index contributed by atoms with van der Waals surface area (Å²) >= 11 is 0. The van der Waals surface area contributed by atoms with Crippen molar-refractivity contribution in [3.63, 3.8) is 0 Å². The van der Waals surface area contributed by atoms with Gasteiger partial charge >= 0.3 is 11.9 Å². The van der Waals surface area contributed by atoms with Gasteiger partial charge in [-0.2, -0.15) is 0 Å². The van der Waals surface area contributed by atoms with Crippen LogP contribution in [0.25, 0.3) is 0 Å². The van der Waals surface area contributed by atoms with E-state index in [4.69, 9.17) is 9.47 Å². The summed E-state index contributed by atoms with van der Waals surface area (Å²) in [5, 5.41) is 0. The van der Waals surface area contributed by atoms with Crippen LogP contribution in [0.2, 0.25) is 0 Å². The number of fused-ring (bicyclic) bond motifs is 5. The second kappa shape index (κ2) is 5.99. The van der Waals surface area contributed by atoms with E-state index < -0.39 is 0 Å². The quantitative estimate of drug-likeness (QED) is 0.665. The highest BCUT2D eigenvalue weighted by Gasteiger charge is 2.59. The molecule has 0 aromatic heterocycles. The molecule has 4 aliphatic rings. The minimum Gasteiger partial charge on any atom is -0.463 e. The van der Waals surface area contributed by atoms with Gasteiger partial charge in [0.15, 0.2) is 0 Å². The second-order valence-electron chi connectivity index (χ2n) is 9.53. The highest BCUT2D eigenvalue weighted by molar-refractivity contribution is 5.71. The molecule has 0 aromatic rings. The summed E-state index contributed by atoms with van der Waals surface area (Å²) in [6.07, 6.45) is 9.60. The van der Waals surface area contributed by atoms with Crippen molar-refractivity contribution in [2.24, 2.45) is 29.1 Å². The van der Waals surface area contributed by atoms with Crippen molar-refractivity contribution in [3.05, 3.63) is 0 Å². The van der Waals surface area contributed by atoms with Crippen LogP contribution in [0.15, 0.2) is 0 Å². The molecule has 7 atom stereocenters. The number of carbonyl (C=O) groups is 2. The molecular weight excluding hydrogens is 316 g/mol. The van der Waals surface area contributed by atoms with Crippen LogP contribution in [0, 0.1) is 29.1 Å². The molecule has 0 aromatic carbocycles. The standard InChI is InChI=1S/C21H32O4/c1-13(22)24-15-8-10-20(2)14(12-15)4-5-16-17(20)9-11-21(3)18(16)6-7-19(23)25-21/h14-18H,4-12H2,1-3H3/t14?,15-,16+,17-,18-,20-,21+/m0/s1. The molecule has 4 heteroatoms. The predicted octanol–water partition coefficient (Wildman–Crippen LogP) is 4.26. The van der Waals surface area contributed by atoms with E-state index in [1.807, 2.05) is 0 Å². The number of hydrogen-bond acceptors (Lipinski definition) is 4. The van der Waals surface area contributed by atoms with E-state index in [-0.39, 0.29) is 23.6 Å². The lowest BCUT2D eigenvalue weighted by molar-refractivity contribution is -0.205.